The summed E-state index contributed by atoms with van der Waals surface area (Å²) in [6.45, 7) is 0. The molecule has 0 aliphatic rings. The molecule has 0 aliphatic heterocycles. The van der Waals surface area contributed by atoms with Crippen LogP contribution in [0, 0.1) is 0 Å². The Hall–Kier alpha value is -1.46. The van der Waals surface area contributed by atoms with Crippen LogP contribution in [0.3, 0.4) is 0 Å². The average Bonchev–Trinajstić information content (AvgIpc) is 2.39. The summed E-state index contributed by atoms with van der Waals surface area (Å²) in [5.74, 6) is -0.136. The van der Waals surface area contributed by atoms with Gasteiger partial charge in [-0.3, -0.25) is 0 Å². The molecule has 2 aromatic carbocycles. The number of ether oxygens (including phenoxy) is 1. The summed E-state index contributed by atoms with van der Waals surface area (Å²) >= 11 is 4.82. The fourth-order valence-corrected chi connectivity index (χ4v) is 3.09. The van der Waals surface area contributed by atoms with Crippen molar-refractivity contribution in [3.63, 3.8) is 0 Å². The number of benzene rings is 2. The summed E-state index contributed by atoms with van der Waals surface area (Å²) in [6, 6.07) is 12.7. The molecule has 0 atom stereocenters. The minimum atomic E-state index is -0.933. The first kappa shape index (κ1) is 14.0. The minimum Gasteiger partial charge on any atom is -0.497 e. The van der Waals surface area contributed by atoms with Crippen molar-refractivity contribution in [2.75, 3.05) is 7.11 Å². The van der Waals surface area contributed by atoms with Crippen LogP contribution in [0.5, 0.6) is 5.75 Å². The largest absolute Gasteiger partial charge is 0.497 e. The summed E-state index contributed by atoms with van der Waals surface area (Å²) in [6.07, 6.45) is 0. The number of hydrogen-bond acceptors (Lipinski definition) is 3. The molecule has 0 saturated heterocycles. The standard InChI is InChI=1S/C14H11BrO3S/c1-18-11-2-4-12(5-3-11)19-13-7-9(14(16)17)6-10(15)8-13/h2-8H,1H3,(H,16,17). The van der Waals surface area contributed by atoms with Gasteiger partial charge >= 0.3 is 5.97 Å². The van der Waals surface area contributed by atoms with E-state index in [1.54, 1.807) is 19.2 Å². The van der Waals surface area contributed by atoms with Crippen LogP contribution in [0.25, 0.3) is 0 Å². The van der Waals surface area contributed by atoms with Gasteiger partial charge in [0.15, 0.2) is 0 Å². The van der Waals surface area contributed by atoms with Crippen LogP contribution >= 0.6 is 27.7 Å². The van der Waals surface area contributed by atoms with Gasteiger partial charge in [-0.2, -0.15) is 0 Å². The van der Waals surface area contributed by atoms with Crippen LogP contribution in [0.4, 0.5) is 0 Å². The molecule has 0 spiro atoms. The number of aromatic carboxylic acids is 1. The van der Waals surface area contributed by atoms with E-state index in [9.17, 15) is 4.79 Å². The van der Waals surface area contributed by atoms with Gasteiger partial charge in [0.05, 0.1) is 12.7 Å². The molecule has 2 rings (SSSR count). The summed E-state index contributed by atoms with van der Waals surface area (Å²) in [7, 11) is 1.62. The van der Waals surface area contributed by atoms with Crippen molar-refractivity contribution in [1.29, 1.82) is 0 Å². The lowest BCUT2D eigenvalue weighted by molar-refractivity contribution is 0.0696. The number of hydrogen-bond donors (Lipinski definition) is 1. The lowest BCUT2D eigenvalue weighted by atomic mass is 10.2. The second-order valence-electron chi connectivity index (χ2n) is 3.76. The molecule has 0 saturated carbocycles. The molecule has 0 fully saturated rings. The van der Waals surface area contributed by atoms with Crippen molar-refractivity contribution in [3.8, 4) is 5.75 Å². The summed E-state index contributed by atoms with van der Waals surface area (Å²) in [5.41, 5.74) is 0.269. The maximum Gasteiger partial charge on any atom is 0.335 e. The molecule has 2 aromatic rings. The first-order valence-electron chi connectivity index (χ1n) is 5.44. The van der Waals surface area contributed by atoms with Crippen molar-refractivity contribution in [3.05, 3.63) is 52.5 Å². The Bertz CT molecular complexity index is 596. The molecule has 0 heterocycles. The van der Waals surface area contributed by atoms with Crippen molar-refractivity contribution < 1.29 is 14.6 Å². The molecule has 3 nitrogen and oxygen atoms in total. The number of rotatable bonds is 4. The Morgan fingerprint density at radius 1 is 1.16 bits per heavy atom. The zero-order valence-corrected chi connectivity index (χ0v) is 12.5. The van der Waals surface area contributed by atoms with Crippen LogP contribution in [0.15, 0.2) is 56.7 Å². The zero-order valence-electron chi connectivity index (χ0n) is 10.1. The van der Waals surface area contributed by atoms with Gasteiger partial charge in [-0.1, -0.05) is 27.7 Å². The van der Waals surface area contributed by atoms with E-state index in [0.717, 1.165) is 20.0 Å². The molecule has 98 valence electrons. The van der Waals surface area contributed by atoms with Gasteiger partial charge in [-0.15, -0.1) is 0 Å². The number of carboxylic acids is 1. The van der Waals surface area contributed by atoms with E-state index in [2.05, 4.69) is 15.9 Å². The Morgan fingerprint density at radius 3 is 2.42 bits per heavy atom. The monoisotopic (exact) mass is 338 g/mol. The molecule has 0 radical (unpaired) electrons. The highest BCUT2D eigenvalue weighted by Gasteiger charge is 2.07. The fraction of sp³-hybridized carbons (Fsp3) is 0.0714. The van der Waals surface area contributed by atoms with Gasteiger partial charge in [0.2, 0.25) is 0 Å². The lowest BCUT2D eigenvalue weighted by Gasteiger charge is -2.05. The highest BCUT2D eigenvalue weighted by molar-refractivity contribution is 9.10. The highest BCUT2D eigenvalue weighted by atomic mass is 79.9. The van der Waals surface area contributed by atoms with Crippen molar-refractivity contribution >= 4 is 33.7 Å². The Morgan fingerprint density at radius 2 is 1.84 bits per heavy atom. The number of carboxylic acid groups (broad SMARTS) is 1. The quantitative estimate of drug-likeness (QED) is 0.902. The third-order valence-electron chi connectivity index (χ3n) is 2.41. The summed E-state index contributed by atoms with van der Waals surface area (Å²) < 4.78 is 5.85. The van der Waals surface area contributed by atoms with Crippen LogP contribution in [-0.2, 0) is 0 Å². The third kappa shape index (κ3) is 3.75. The van der Waals surface area contributed by atoms with Gasteiger partial charge in [-0.25, -0.2) is 4.79 Å². The molecule has 19 heavy (non-hydrogen) atoms. The van der Waals surface area contributed by atoms with E-state index >= 15 is 0 Å². The smallest absolute Gasteiger partial charge is 0.335 e. The van der Waals surface area contributed by atoms with Crippen LogP contribution in [0.1, 0.15) is 10.4 Å². The zero-order chi connectivity index (χ0) is 13.8. The van der Waals surface area contributed by atoms with E-state index in [4.69, 9.17) is 9.84 Å². The average molecular weight is 339 g/mol. The number of carbonyl (C=O) groups is 1. The Labute approximate surface area is 123 Å². The van der Waals surface area contributed by atoms with E-state index in [1.807, 2.05) is 30.3 Å². The minimum absolute atomic E-state index is 0.269. The first-order chi connectivity index (χ1) is 9.08. The van der Waals surface area contributed by atoms with E-state index in [1.165, 1.54) is 11.8 Å². The van der Waals surface area contributed by atoms with Gasteiger partial charge < -0.3 is 9.84 Å². The molecular formula is C14H11BrO3S. The molecule has 5 heteroatoms. The molecular weight excluding hydrogens is 328 g/mol. The molecule has 0 aliphatic carbocycles. The normalized spacial score (nSPS) is 10.2. The summed E-state index contributed by atoms with van der Waals surface area (Å²) in [5, 5.41) is 9.02. The molecule has 1 N–H and O–H groups in total. The number of methoxy groups -OCH3 is 1. The van der Waals surface area contributed by atoms with E-state index < -0.39 is 5.97 Å². The second kappa shape index (κ2) is 6.12. The van der Waals surface area contributed by atoms with Gasteiger partial charge in [-0.05, 0) is 42.5 Å². The third-order valence-corrected chi connectivity index (χ3v) is 3.85. The maximum absolute atomic E-state index is 11.0. The second-order valence-corrected chi connectivity index (χ2v) is 5.82. The number of halogens is 1. The lowest BCUT2D eigenvalue weighted by Crippen LogP contribution is -1.96. The van der Waals surface area contributed by atoms with Crippen LogP contribution in [0.2, 0.25) is 0 Å². The van der Waals surface area contributed by atoms with Crippen LogP contribution < -0.4 is 4.74 Å². The highest BCUT2D eigenvalue weighted by Crippen LogP contribution is 2.31. The molecule has 0 bridgehead atoms. The van der Waals surface area contributed by atoms with E-state index in [-0.39, 0.29) is 5.56 Å². The van der Waals surface area contributed by atoms with Crippen molar-refractivity contribution in [2.45, 2.75) is 9.79 Å². The van der Waals surface area contributed by atoms with Gasteiger partial charge in [0.25, 0.3) is 0 Å². The topological polar surface area (TPSA) is 46.5 Å². The fourth-order valence-electron chi connectivity index (χ4n) is 1.52. The predicted octanol–water partition coefficient (Wildman–Crippen LogP) is 4.31. The van der Waals surface area contributed by atoms with Gasteiger partial charge in [0.1, 0.15) is 5.75 Å². The maximum atomic E-state index is 11.0. The molecule has 0 amide bonds. The van der Waals surface area contributed by atoms with Crippen molar-refractivity contribution in [1.82, 2.24) is 0 Å². The first-order valence-corrected chi connectivity index (χ1v) is 7.05. The van der Waals surface area contributed by atoms with E-state index in [0.29, 0.717) is 0 Å². The summed E-state index contributed by atoms with van der Waals surface area (Å²) in [4.78, 5) is 12.9. The molecule has 0 aromatic heterocycles. The predicted molar refractivity (Wildman–Crippen MR) is 78.2 cm³/mol. The Balaban J connectivity index is 2.24. The SMILES string of the molecule is COc1ccc(Sc2cc(Br)cc(C(=O)O)c2)cc1. The Kier molecular flexibility index (Phi) is 4.50. The van der Waals surface area contributed by atoms with Crippen molar-refractivity contribution in [2.24, 2.45) is 0 Å². The van der Waals surface area contributed by atoms with Crippen LogP contribution in [-0.4, -0.2) is 18.2 Å². The molecule has 0 unspecified atom stereocenters. The van der Waals surface area contributed by atoms with Gasteiger partial charge in [0, 0.05) is 14.3 Å².